The Bertz CT molecular complexity index is 411. The molecular formula is C15H21F2NO2. The van der Waals surface area contributed by atoms with Crippen LogP contribution in [0, 0.1) is 5.92 Å². The highest BCUT2D eigenvalue weighted by Crippen LogP contribution is 2.24. The normalized spacial score (nSPS) is 21.4. The van der Waals surface area contributed by atoms with Crippen LogP contribution in [0.5, 0.6) is 5.75 Å². The molecule has 5 heteroatoms. The molecule has 1 fully saturated rings. The lowest BCUT2D eigenvalue weighted by molar-refractivity contribution is -0.0498. The third kappa shape index (κ3) is 4.15. The maximum absolute atomic E-state index is 12.0. The van der Waals surface area contributed by atoms with Crippen LogP contribution in [0.3, 0.4) is 0 Å². The lowest BCUT2D eigenvalue weighted by Gasteiger charge is -2.20. The number of nitrogens with zero attached hydrogens (tertiary/aromatic N) is 1. The van der Waals surface area contributed by atoms with E-state index in [2.05, 4.69) is 16.6 Å². The highest BCUT2D eigenvalue weighted by molar-refractivity contribution is 5.28. The molecule has 112 valence electrons. The van der Waals surface area contributed by atoms with Crippen LogP contribution in [0.15, 0.2) is 24.3 Å². The molecule has 1 N–H and O–H groups in total. The second-order valence-corrected chi connectivity index (χ2v) is 5.29. The molecule has 0 aliphatic carbocycles. The molecule has 2 rings (SSSR count). The fourth-order valence-corrected chi connectivity index (χ4v) is 2.63. The van der Waals surface area contributed by atoms with E-state index in [4.69, 9.17) is 0 Å². The largest absolute Gasteiger partial charge is 0.435 e. The standard InChI is InChI=1S/C15H21F2NO2/c1-2-11-7-8-18(9-11)10-14(19)12-3-5-13(6-4-12)20-15(16)17/h3-6,11,14-15,19H,2,7-10H2,1H3. The summed E-state index contributed by atoms with van der Waals surface area (Å²) in [7, 11) is 0. The van der Waals surface area contributed by atoms with Gasteiger partial charge in [0.15, 0.2) is 0 Å². The maximum atomic E-state index is 12.0. The quantitative estimate of drug-likeness (QED) is 0.872. The Kier molecular flexibility index (Phi) is 5.31. The van der Waals surface area contributed by atoms with Crippen molar-refractivity contribution in [3.8, 4) is 5.75 Å². The fraction of sp³-hybridized carbons (Fsp3) is 0.600. The second-order valence-electron chi connectivity index (χ2n) is 5.29. The third-order valence-electron chi connectivity index (χ3n) is 3.87. The lowest BCUT2D eigenvalue weighted by Crippen LogP contribution is -2.26. The van der Waals surface area contributed by atoms with Gasteiger partial charge in [0.05, 0.1) is 6.10 Å². The van der Waals surface area contributed by atoms with Gasteiger partial charge in [0.25, 0.3) is 0 Å². The zero-order valence-corrected chi connectivity index (χ0v) is 11.6. The molecule has 0 spiro atoms. The summed E-state index contributed by atoms with van der Waals surface area (Å²) in [6.07, 6.45) is 1.77. The number of rotatable bonds is 6. The average Bonchev–Trinajstić information content (AvgIpc) is 2.86. The van der Waals surface area contributed by atoms with Crippen molar-refractivity contribution in [2.45, 2.75) is 32.5 Å². The van der Waals surface area contributed by atoms with Crippen molar-refractivity contribution in [1.82, 2.24) is 4.90 Å². The molecule has 0 saturated carbocycles. The second kappa shape index (κ2) is 6.99. The molecule has 20 heavy (non-hydrogen) atoms. The van der Waals surface area contributed by atoms with E-state index in [-0.39, 0.29) is 5.75 Å². The number of benzene rings is 1. The number of hydrogen-bond donors (Lipinski definition) is 1. The number of likely N-dealkylation sites (tertiary alicyclic amines) is 1. The topological polar surface area (TPSA) is 32.7 Å². The lowest BCUT2D eigenvalue weighted by atomic mass is 10.1. The van der Waals surface area contributed by atoms with Crippen molar-refractivity contribution in [2.75, 3.05) is 19.6 Å². The van der Waals surface area contributed by atoms with Crippen molar-refractivity contribution in [2.24, 2.45) is 5.92 Å². The minimum absolute atomic E-state index is 0.114. The smallest absolute Gasteiger partial charge is 0.387 e. The predicted molar refractivity (Wildman–Crippen MR) is 72.9 cm³/mol. The first-order valence-corrected chi connectivity index (χ1v) is 7.03. The fourth-order valence-electron chi connectivity index (χ4n) is 2.63. The summed E-state index contributed by atoms with van der Waals surface area (Å²) >= 11 is 0. The molecule has 0 amide bonds. The molecule has 1 aliphatic heterocycles. The Balaban J connectivity index is 1.87. The first kappa shape index (κ1) is 15.2. The molecule has 0 radical (unpaired) electrons. The van der Waals surface area contributed by atoms with Crippen molar-refractivity contribution in [3.63, 3.8) is 0 Å². The number of hydrogen-bond acceptors (Lipinski definition) is 3. The zero-order valence-electron chi connectivity index (χ0n) is 11.6. The summed E-state index contributed by atoms with van der Waals surface area (Å²) in [5.41, 5.74) is 0.728. The first-order valence-electron chi connectivity index (χ1n) is 7.03. The van der Waals surface area contributed by atoms with Crippen LogP contribution >= 0.6 is 0 Å². The molecule has 1 aliphatic rings. The SMILES string of the molecule is CCC1CCN(CC(O)c2ccc(OC(F)F)cc2)C1. The summed E-state index contributed by atoms with van der Waals surface area (Å²) in [4.78, 5) is 2.25. The summed E-state index contributed by atoms with van der Waals surface area (Å²) in [5.74, 6) is 0.840. The minimum Gasteiger partial charge on any atom is -0.435 e. The molecule has 1 heterocycles. The molecule has 1 aromatic carbocycles. The van der Waals surface area contributed by atoms with Crippen LogP contribution in [0.25, 0.3) is 0 Å². The van der Waals surface area contributed by atoms with Gasteiger partial charge in [0, 0.05) is 13.1 Å². The number of β-amino-alcohol motifs (C(OH)–C–C–N with tert-alkyl or cyclic N) is 1. The summed E-state index contributed by atoms with van der Waals surface area (Å²) < 4.78 is 28.4. The summed E-state index contributed by atoms with van der Waals surface area (Å²) in [6, 6.07) is 6.19. The monoisotopic (exact) mass is 285 g/mol. The van der Waals surface area contributed by atoms with E-state index in [0.717, 1.165) is 24.6 Å². The predicted octanol–water partition coefficient (Wildman–Crippen LogP) is 3.05. The van der Waals surface area contributed by atoms with E-state index >= 15 is 0 Å². The van der Waals surface area contributed by atoms with Gasteiger partial charge < -0.3 is 14.7 Å². The summed E-state index contributed by atoms with van der Waals surface area (Å²) in [6.45, 7) is 2.00. The van der Waals surface area contributed by atoms with Crippen molar-refractivity contribution >= 4 is 0 Å². The molecule has 3 nitrogen and oxygen atoms in total. The average molecular weight is 285 g/mol. The van der Waals surface area contributed by atoms with Gasteiger partial charge in [0.1, 0.15) is 5.75 Å². The van der Waals surface area contributed by atoms with Gasteiger partial charge in [-0.15, -0.1) is 0 Å². The van der Waals surface area contributed by atoms with Crippen molar-refractivity contribution in [1.29, 1.82) is 0 Å². The minimum atomic E-state index is -2.82. The Hall–Kier alpha value is -1.20. The van der Waals surface area contributed by atoms with Crippen molar-refractivity contribution < 1.29 is 18.6 Å². The van der Waals surface area contributed by atoms with Crippen LogP contribution < -0.4 is 4.74 Å². The molecule has 2 unspecified atom stereocenters. The van der Waals surface area contributed by atoms with E-state index < -0.39 is 12.7 Å². The van der Waals surface area contributed by atoms with Gasteiger partial charge in [0.2, 0.25) is 0 Å². The van der Waals surface area contributed by atoms with Gasteiger partial charge in [-0.1, -0.05) is 25.5 Å². The maximum Gasteiger partial charge on any atom is 0.387 e. The number of alkyl halides is 2. The molecule has 1 aromatic rings. The Morgan fingerprint density at radius 3 is 2.60 bits per heavy atom. The molecular weight excluding hydrogens is 264 g/mol. The van der Waals surface area contributed by atoms with Crippen LogP contribution in [0.1, 0.15) is 31.4 Å². The van der Waals surface area contributed by atoms with E-state index in [1.807, 2.05) is 0 Å². The zero-order chi connectivity index (χ0) is 14.5. The highest BCUT2D eigenvalue weighted by atomic mass is 19.3. The highest BCUT2D eigenvalue weighted by Gasteiger charge is 2.23. The first-order chi connectivity index (χ1) is 9.58. The van der Waals surface area contributed by atoms with Gasteiger partial charge in [-0.2, -0.15) is 8.78 Å². The molecule has 0 aromatic heterocycles. The Morgan fingerprint density at radius 2 is 2.05 bits per heavy atom. The van der Waals surface area contributed by atoms with Crippen LogP contribution in [-0.2, 0) is 0 Å². The van der Waals surface area contributed by atoms with Gasteiger partial charge in [-0.25, -0.2) is 0 Å². The van der Waals surface area contributed by atoms with Gasteiger partial charge in [-0.3, -0.25) is 0 Å². The Labute approximate surface area is 118 Å². The van der Waals surface area contributed by atoms with E-state index in [0.29, 0.717) is 6.54 Å². The third-order valence-corrected chi connectivity index (χ3v) is 3.87. The number of halogens is 2. The molecule has 2 atom stereocenters. The van der Waals surface area contributed by atoms with Crippen molar-refractivity contribution in [3.05, 3.63) is 29.8 Å². The van der Waals surface area contributed by atoms with E-state index in [1.54, 1.807) is 12.1 Å². The molecule has 0 bridgehead atoms. The van der Waals surface area contributed by atoms with E-state index in [1.165, 1.54) is 25.0 Å². The Morgan fingerprint density at radius 1 is 1.35 bits per heavy atom. The van der Waals surface area contributed by atoms with Crippen LogP contribution in [0.2, 0.25) is 0 Å². The number of aliphatic hydroxyl groups is 1. The van der Waals surface area contributed by atoms with Crippen LogP contribution in [0.4, 0.5) is 8.78 Å². The number of ether oxygens (including phenoxy) is 1. The number of aliphatic hydroxyl groups excluding tert-OH is 1. The molecule has 1 saturated heterocycles. The van der Waals surface area contributed by atoms with Gasteiger partial charge in [-0.05, 0) is 36.6 Å². The van der Waals surface area contributed by atoms with Gasteiger partial charge >= 0.3 is 6.61 Å². The van der Waals surface area contributed by atoms with E-state index in [9.17, 15) is 13.9 Å². The summed E-state index contributed by atoms with van der Waals surface area (Å²) in [5, 5.41) is 10.2. The van der Waals surface area contributed by atoms with Crippen LogP contribution in [-0.4, -0.2) is 36.3 Å².